The first-order valence-corrected chi connectivity index (χ1v) is 4.65. The minimum Gasteiger partial charge on any atom is -0.379 e. The zero-order valence-corrected chi connectivity index (χ0v) is 7.33. The fraction of sp³-hybridized carbons (Fsp3) is 0.778. The molecule has 2 aliphatic rings. The van der Waals surface area contributed by atoms with Crippen molar-refractivity contribution in [3.63, 3.8) is 0 Å². The Morgan fingerprint density at radius 1 is 1.42 bits per heavy atom. The Bertz CT molecular complexity index is 164. The molecule has 1 atom stereocenters. The molecule has 3 nitrogen and oxygen atoms in total. The molecule has 2 aliphatic heterocycles. The van der Waals surface area contributed by atoms with Gasteiger partial charge >= 0.3 is 0 Å². The molecule has 0 radical (unpaired) electrons. The highest BCUT2D eigenvalue weighted by atomic mass is 16.5. The van der Waals surface area contributed by atoms with Gasteiger partial charge in [0.05, 0.1) is 13.2 Å². The van der Waals surface area contributed by atoms with Crippen molar-refractivity contribution in [2.45, 2.75) is 6.04 Å². The van der Waals surface area contributed by atoms with Crippen molar-refractivity contribution < 1.29 is 4.74 Å². The van der Waals surface area contributed by atoms with Gasteiger partial charge in [-0.3, -0.25) is 4.90 Å². The molecule has 0 bridgehead atoms. The second-order valence-electron chi connectivity index (χ2n) is 3.36. The summed E-state index contributed by atoms with van der Waals surface area (Å²) in [5, 5.41) is 3.41. The molecule has 0 aromatic carbocycles. The van der Waals surface area contributed by atoms with Gasteiger partial charge in [0, 0.05) is 32.2 Å². The Kier molecular flexibility index (Phi) is 2.76. The molecular weight excluding hydrogens is 152 g/mol. The molecule has 68 valence electrons. The minimum atomic E-state index is 0.572. The van der Waals surface area contributed by atoms with Gasteiger partial charge in [-0.05, 0) is 0 Å². The molecule has 0 aromatic rings. The summed E-state index contributed by atoms with van der Waals surface area (Å²) in [6, 6.07) is 0.572. The van der Waals surface area contributed by atoms with Crippen molar-refractivity contribution in [3.8, 4) is 0 Å². The lowest BCUT2D eigenvalue weighted by atomic mass is 10.3. The molecule has 2 rings (SSSR count). The predicted octanol–water partition coefficient (Wildman–Crippen LogP) is -0.153. The number of nitrogens with one attached hydrogen (secondary N) is 1. The molecule has 0 aromatic heterocycles. The van der Waals surface area contributed by atoms with Crippen molar-refractivity contribution in [1.29, 1.82) is 0 Å². The van der Waals surface area contributed by atoms with E-state index in [-0.39, 0.29) is 0 Å². The van der Waals surface area contributed by atoms with Gasteiger partial charge in [0.2, 0.25) is 0 Å². The molecule has 2 heterocycles. The van der Waals surface area contributed by atoms with Crippen LogP contribution in [0.4, 0.5) is 0 Å². The van der Waals surface area contributed by atoms with Crippen molar-refractivity contribution in [2.24, 2.45) is 0 Å². The first-order chi connectivity index (χ1) is 5.95. The van der Waals surface area contributed by atoms with Crippen LogP contribution >= 0.6 is 0 Å². The molecule has 0 unspecified atom stereocenters. The van der Waals surface area contributed by atoms with Crippen LogP contribution in [0.15, 0.2) is 12.2 Å². The van der Waals surface area contributed by atoms with Crippen LogP contribution in [0.25, 0.3) is 0 Å². The third-order valence-corrected chi connectivity index (χ3v) is 2.42. The van der Waals surface area contributed by atoms with Gasteiger partial charge in [0.1, 0.15) is 0 Å². The zero-order valence-electron chi connectivity index (χ0n) is 7.33. The standard InChI is InChI=1S/C9H16N2O/c1-2-9(10-3-1)8-11-4-6-12-7-5-11/h1-2,9-10H,3-8H2/t9-/m0/s1. The van der Waals surface area contributed by atoms with E-state index in [0.29, 0.717) is 6.04 Å². The number of ether oxygens (including phenoxy) is 1. The van der Waals surface area contributed by atoms with Crippen molar-refractivity contribution >= 4 is 0 Å². The van der Waals surface area contributed by atoms with E-state index in [1.54, 1.807) is 0 Å². The highest BCUT2D eigenvalue weighted by Crippen LogP contribution is 2.01. The van der Waals surface area contributed by atoms with E-state index >= 15 is 0 Å². The van der Waals surface area contributed by atoms with Gasteiger partial charge in [0.25, 0.3) is 0 Å². The largest absolute Gasteiger partial charge is 0.379 e. The third kappa shape index (κ3) is 2.06. The smallest absolute Gasteiger partial charge is 0.0594 e. The van der Waals surface area contributed by atoms with Gasteiger partial charge in [-0.2, -0.15) is 0 Å². The Hall–Kier alpha value is -0.380. The van der Waals surface area contributed by atoms with Crippen LogP contribution in [0.5, 0.6) is 0 Å². The summed E-state index contributed by atoms with van der Waals surface area (Å²) in [6.07, 6.45) is 4.46. The number of morpholine rings is 1. The van der Waals surface area contributed by atoms with E-state index in [0.717, 1.165) is 39.4 Å². The summed E-state index contributed by atoms with van der Waals surface area (Å²) in [5.74, 6) is 0. The van der Waals surface area contributed by atoms with Crippen LogP contribution in [0.3, 0.4) is 0 Å². The first kappa shape index (κ1) is 8.23. The lowest BCUT2D eigenvalue weighted by Gasteiger charge is -2.28. The third-order valence-electron chi connectivity index (χ3n) is 2.42. The zero-order chi connectivity index (χ0) is 8.23. The summed E-state index contributed by atoms with van der Waals surface area (Å²) >= 11 is 0. The van der Waals surface area contributed by atoms with Crippen LogP contribution in [0.1, 0.15) is 0 Å². The average molecular weight is 168 g/mol. The Labute approximate surface area is 73.4 Å². The van der Waals surface area contributed by atoms with Crippen molar-refractivity contribution in [1.82, 2.24) is 10.2 Å². The number of rotatable bonds is 2. The van der Waals surface area contributed by atoms with Crippen LogP contribution in [-0.4, -0.2) is 50.3 Å². The van der Waals surface area contributed by atoms with Crippen molar-refractivity contribution in [3.05, 3.63) is 12.2 Å². The van der Waals surface area contributed by atoms with E-state index < -0.39 is 0 Å². The molecule has 0 spiro atoms. The monoisotopic (exact) mass is 168 g/mol. The fourth-order valence-electron chi connectivity index (χ4n) is 1.71. The van der Waals surface area contributed by atoms with Gasteiger partial charge in [-0.15, -0.1) is 0 Å². The maximum atomic E-state index is 5.28. The normalized spacial score (nSPS) is 31.2. The van der Waals surface area contributed by atoms with Gasteiger partial charge < -0.3 is 10.1 Å². The van der Waals surface area contributed by atoms with E-state index in [1.807, 2.05) is 0 Å². The molecule has 3 heteroatoms. The van der Waals surface area contributed by atoms with E-state index in [1.165, 1.54) is 0 Å². The van der Waals surface area contributed by atoms with Gasteiger partial charge in [-0.1, -0.05) is 12.2 Å². The van der Waals surface area contributed by atoms with E-state index in [2.05, 4.69) is 22.4 Å². The van der Waals surface area contributed by atoms with E-state index in [4.69, 9.17) is 4.74 Å². The molecule has 1 saturated heterocycles. The SMILES string of the molecule is C1=C[C@@H](CN2CCOCC2)NC1. The fourth-order valence-corrected chi connectivity index (χ4v) is 1.71. The summed E-state index contributed by atoms with van der Waals surface area (Å²) in [6.45, 7) is 6.15. The van der Waals surface area contributed by atoms with Crippen LogP contribution in [0, 0.1) is 0 Å². The highest BCUT2D eigenvalue weighted by molar-refractivity contribution is 5.03. The lowest BCUT2D eigenvalue weighted by molar-refractivity contribution is 0.0360. The molecular formula is C9H16N2O. The first-order valence-electron chi connectivity index (χ1n) is 4.65. The quantitative estimate of drug-likeness (QED) is 0.580. The summed E-state index contributed by atoms with van der Waals surface area (Å²) < 4.78 is 5.28. The summed E-state index contributed by atoms with van der Waals surface area (Å²) in [5.41, 5.74) is 0. The van der Waals surface area contributed by atoms with Gasteiger partial charge in [0.15, 0.2) is 0 Å². The molecule has 0 saturated carbocycles. The lowest BCUT2D eigenvalue weighted by Crippen LogP contribution is -2.43. The molecule has 12 heavy (non-hydrogen) atoms. The maximum absolute atomic E-state index is 5.28. The molecule has 0 aliphatic carbocycles. The summed E-state index contributed by atoms with van der Waals surface area (Å²) in [4.78, 5) is 2.46. The Morgan fingerprint density at radius 3 is 2.92 bits per heavy atom. The second-order valence-corrected chi connectivity index (χ2v) is 3.36. The number of hydrogen-bond donors (Lipinski definition) is 1. The van der Waals surface area contributed by atoms with Crippen LogP contribution in [-0.2, 0) is 4.74 Å². The summed E-state index contributed by atoms with van der Waals surface area (Å²) in [7, 11) is 0. The van der Waals surface area contributed by atoms with Gasteiger partial charge in [-0.25, -0.2) is 0 Å². The van der Waals surface area contributed by atoms with Crippen LogP contribution < -0.4 is 5.32 Å². The maximum Gasteiger partial charge on any atom is 0.0594 e. The Balaban J connectivity index is 1.73. The van der Waals surface area contributed by atoms with Crippen LogP contribution in [0.2, 0.25) is 0 Å². The van der Waals surface area contributed by atoms with E-state index in [9.17, 15) is 0 Å². The Morgan fingerprint density at radius 2 is 2.25 bits per heavy atom. The topological polar surface area (TPSA) is 24.5 Å². The second kappa shape index (κ2) is 4.03. The molecule has 1 N–H and O–H groups in total. The average Bonchev–Trinajstić information content (AvgIpc) is 2.59. The highest BCUT2D eigenvalue weighted by Gasteiger charge is 2.15. The molecule has 0 amide bonds. The predicted molar refractivity (Wildman–Crippen MR) is 48.2 cm³/mol. The minimum absolute atomic E-state index is 0.572. The molecule has 1 fully saturated rings. The van der Waals surface area contributed by atoms with Crippen molar-refractivity contribution in [2.75, 3.05) is 39.4 Å². The number of hydrogen-bond acceptors (Lipinski definition) is 3. The number of nitrogens with zero attached hydrogens (tertiary/aromatic N) is 1.